The van der Waals surface area contributed by atoms with Crippen molar-refractivity contribution in [1.82, 2.24) is 19.9 Å². The van der Waals surface area contributed by atoms with Crippen LogP contribution in [0.3, 0.4) is 0 Å². The molecule has 10 heteroatoms. The van der Waals surface area contributed by atoms with Crippen molar-refractivity contribution in [2.45, 2.75) is 4.90 Å². The Morgan fingerprint density at radius 1 is 1.00 bits per heavy atom. The first-order valence-corrected chi connectivity index (χ1v) is 11.1. The van der Waals surface area contributed by atoms with Gasteiger partial charge in [-0.3, -0.25) is 0 Å². The minimum atomic E-state index is -3.78. The molecule has 0 unspecified atom stereocenters. The number of nitrogens with zero attached hydrogens (tertiary/aromatic N) is 5. The highest BCUT2D eigenvalue weighted by atomic mass is 32.2. The molecule has 0 aliphatic carbocycles. The highest BCUT2D eigenvalue weighted by molar-refractivity contribution is 7.89. The first kappa shape index (κ1) is 20.2. The number of primary sulfonamides is 1. The Kier molecular flexibility index (Phi) is 5.62. The number of likely N-dealkylation sites (N-methyl/N-ethyl adjacent to an activating group) is 1. The van der Waals surface area contributed by atoms with Gasteiger partial charge < -0.3 is 15.1 Å². The number of hydrogen-bond acceptors (Lipinski definition) is 8. The quantitative estimate of drug-likeness (QED) is 0.634. The third-order valence-electron chi connectivity index (χ3n) is 4.94. The third kappa shape index (κ3) is 4.73. The number of rotatable bonds is 5. The van der Waals surface area contributed by atoms with Crippen molar-refractivity contribution in [1.29, 1.82) is 0 Å². The SMILES string of the molecule is CN1CCN(c2cc(-c3ccnc(Nc4cccc(S(N)(=O)=O)c4)n3)ccn2)CC1. The summed E-state index contributed by atoms with van der Waals surface area (Å²) in [6.07, 6.45) is 3.44. The van der Waals surface area contributed by atoms with E-state index in [4.69, 9.17) is 5.14 Å². The standard InChI is InChI=1S/C20H23N7O2S/c1-26-9-11-27(12-10-26)19-13-15(5-7-22-19)18-6-8-23-20(25-18)24-16-3-2-4-17(14-16)30(21,28)29/h2-8,13-14H,9-12H2,1H3,(H2,21,28,29)(H,23,24,25). The number of nitrogens with one attached hydrogen (secondary N) is 1. The smallest absolute Gasteiger partial charge is 0.238 e. The van der Waals surface area contributed by atoms with Crippen molar-refractivity contribution >= 4 is 27.5 Å². The summed E-state index contributed by atoms with van der Waals surface area (Å²) < 4.78 is 23.1. The second-order valence-corrected chi connectivity index (χ2v) is 8.72. The van der Waals surface area contributed by atoms with Gasteiger partial charge in [0.05, 0.1) is 10.6 Å². The van der Waals surface area contributed by atoms with Crippen molar-refractivity contribution in [2.24, 2.45) is 5.14 Å². The van der Waals surface area contributed by atoms with Crippen LogP contribution in [0.15, 0.2) is 59.8 Å². The summed E-state index contributed by atoms with van der Waals surface area (Å²) in [6, 6.07) is 12.0. The van der Waals surface area contributed by atoms with Crippen LogP contribution in [0.5, 0.6) is 0 Å². The molecular weight excluding hydrogens is 402 g/mol. The van der Waals surface area contributed by atoms with Gasteiger partial charge in [0.15, 0.2) is 0 Å². The lowest BCUT2D eigenvalue weighted by Crippen LogP contribution is -2.44. The van der Waals surface area contributed by atoms with E-state index in [-0.39, 0.29) is 4.90 Å². The average Bonchev–Trinajstić information content (AvgIpc) is 2.74. The summed E-state index contributed by atoms with van der Waals surface area (Å²) in [5, 5.41) is 8.24. The topological polar surface area (TPSA) is 117 Å². The lowest BCUT2D eigenvalue weighted by Gasteiger charge is -2.33. The van der Waals surface area contributed by atoms with Gasteiger partial charge in [-0.15, -0.1) is 0 Å². The normalized spacial score (nSPS) is 15.2. The van der Waals surface area contributed by atoms with Crippen molar-refractivity contribution < 1.29 is 8.42 Å². The first-order valence-electron chi connectivity index (χ1n) is 9.51. The van der Waals surface area contributed by atoms with Gasteiger partial charge >= 0.3 is 0 Å². The number of anilines is 3. The molecule has 30 heavy (non-hydrogen) atoms. The summed E-state index contributed by atoms with van der Waals surface area (Å²) in [5.41, 5.74) is 2.21. The molecule has 0 radical (unpaired) electrons. The maximum atomic E-state index is 11.6. The maximum Gasteiger partial charge on any atom is 0.238 e. The highest BCUT2D eigenvalue weighted by Crippen LogP contribution is 2.24. The molecular formula is C20H23N7O2S. The van der Waals surface area contributed by atoms with Crippen molar-refractivity contribution in [3.63, 3.8) is 0 Å². The van der Waals surface area contributed by atoms with Gasteiger partial charge in [0.1, 0.15) is 5.82 Å². The molecule has 1 aliphatic heterocycles. The lowest BCUT2D eigenvalue weighted by atomic mass is 10.2. The van der Waals surface area contributed by atoms with Crippen molar-refractivity contribution in [3.05, 3.63) is 54.9 Å². The summed E-state index contributed by atoms with van der Waals surface area (Å²) in [7, 11) is -1.66. The Balaban J connectivity index is 1.56. The van der Waals surface area contributed by atoms with Crippen LogP contribution in [0.25, 0.3) is 11.3 Å². The second-order valence-electron chi connectivity index (χ2n) is 7.16. The van der Waals surface area contributed by atoms with E-state index in [1.54, 1.807) is 24.5 Å². The predicted molar refractivity (Wildman–Crippen MR) is 116 cm³/mol. The molecule has 1 fully saturated rings. The monoisotopic (exact) mass is 425 g/mol. The molecule has 1 saturated heterocycles. The highest BCUT2D eigenvalue weighted by Gasteiger charge is 2.16. The molecule has 1 aliphatic rings. The molecule has 9 nitrogen and oxygen atoms in total. The van der Waals surface area contributed by atoms with E-state index in [1.807, 2.05) is 18.2 Å². The fourth-order valence-electron chi connectivity index (χ4n) is 3.25. The molecule has 156 valence electrons. The van der Waals surface area contributed by atoms with Crippen LogP contribution in [0.4, 0.5) is 17.5 Å². The molecule has 0 saturated carbocycles. The molecule has 0 amide bonds. The van der Waals surface area contributed by atoms with Crippen LogP contribution in [0.1, 0.15) is 0 Å². The van der Waals surface area contributed by atoms with E-state index in [9.17, 15) is 8.42 Å². The first-order chi connectivity index (χ1) is 14.4. The van der Waals surface area contributed by atoms with Crippen LogP contribution in [-0.4, -0.2) is 61.5 Å². The van der Waals surface area contributed by atoms with Gasteiger partial charge in [-0.05, 0) is 43.4 Å². The van der Waals surface area contributed by atoms with E-state index in [0.29, 0.717) is 11.6 Å². The van der Waals surface area contributed by atoms with Crippen molar-refractivity contribution in [3.8, 4) is 11.3 Å². The second kappa shape index (κ2) is 8.34. The summed E-state index contributed by atoms with van der Waals surface area (Å²) >= 11 is 0. The average molecular weight is 426 g/mol. The van der Waals surface area contributed by atoms with Gasteiger partial charge in [0.25, 0.3) is 0 Å². The number of nitrogens with two attached hydrogens (primary N) is 1. The number of piperazine rings is 1. The van der Waals surface area contributed by atoms with Gasteiger partial charge in [-0.25, -0.2) is 28.5 Å². The van der Waals surface area contributed by atoms with Crippen LogP contribution < -0.4 is 15.4 Å². The molecule has 0 atom stereocenters. The van der Waals surface area contributed by atoms with E-state index in [1.165, 1.54) is 12.1 Å². The van der Waals surface area contributed by atoms with Crippen LogP contribution in [0, 0.1) is 0 Å². The Morgan fingerprint density at radius 2 is 1.77 bits per heavy atom. The van der Waals surface area contributed by atoms with Gasteiger partial charge in [0.2, 0.25) is 16.0 Å². The van der Waals surface area contributed by atoms with E-state index in [2.05, 4.69) is 37.1 Å². The maximum absolute atomic E-state index is 11.6. The molecule has 2 aromatic heterocycles. The van der Waals surface area contributed by atoms with Crippen LogP contribution in [-0.2, 0) is 10.0 Å². The van der Waals surface area contributed by atoms with E-state index >= 15 is 0 Å². The fraction of sp³-hybridized carbons (Fsp3) is 0.250. The van der Waals surface area contributed by atoms with E-state index in [0.717, 1.165) is 43.3 Å². The van der Waals surface area contributed by atoms with E-state index < -0.39 is 10.0 Å². The number of aromatic nitrogens is 3. The number of benzene rings is 1. The molecule has 3 aromatic rings. The number of pyridine rings is 1. The third-order valence-corrected chi connectivity index (χ3v) is 5.85. The minimum absolute atomic E-state index is 0.0228. The number of hydrogen-bond donors (Lipinski definition) is 2. The molecule has 3 heterocycles. The Bertz CT molecular complexity index is 1150. The van der Waals surface area contributed by atoms with Crippen LogP contribution in [0.2, 0.25) is 0 Å². The summed E-state index contributed by atoms with van der Waals surface area (Å²) in [6.45, 7) is 3.88. The Labute approximate surface area is 175 Å². The minimum Gasteiger partial charge on any atom is -0.354 e. The van der Waals surface area contributed by atoms with Gasteiger partial charge in [0, 0.05) is 49.8 Å². The lowest BCUT2D eigenvalue weighted by molar-refractivity contribution is 0.312. The molecule has 1 aromatic carbocycles. The predicted octanol–water partition coefficient (Wildman–Crippen LogP) is 1.68. The fourth-order valence-corrected chi connectivity index (χ4v) is 3.81. The number of sulfonamides is 1. The molecule has 4 rings (SSSR count). The molecule has 0 bridgehead atoms. The van der Waals surface area contributed by atoms with Crippen LogP contribution >= 0.6 is 0 Å². The Hall–Kier alpha value is -3.08. The van der Waals surface area contributed by atoms with Gasteiger partial charge in [-0.1, -0.05) is 6.07 Å². The zero-order valence-corrected chi connectivity index (χ0v) is 17.4. The Morgan fingerprint density at radius 3 is 2.53 bits per heavy atom. The van der Waals surface area contributed by atoms with Crippen molar-refractivity contribution in [2.75, 3.05) is 43.4 Å². The van der Waals surface area contributed by atoms with Gasteiger partial charge in [-0.2, -0.15) is 0 Å². The molecule has 0 spiro atoms. The largest absolute Gasteiger partial charge is 0.354 e. The zero-order chi connectivity index (χ0) is 21.1. The summed E-state index contributed by atoms with van der Waals surface area (Å²) in [5.74, 6) is 1.28. The zero-order valence-electron chi connectivity index (χ0n) is 16.6. The summed E-state index contributed by atoms with van der Waals surface area (Å²) in [4.78, 5) is 17.9. The molecule has 3 N–H and O–H groups in total.